The SMILES string of the molecule is CO[C@H]1/C=C/C[C@H](C)C[S@@](=O)(Nc2nc(Cl)nc3cn(C)nc23)=NC(=O)c2ccc3c(c2)N(C[C@@H]2CC[C@H]21)C[C@@]1(CCCc2cc(Cl)ccc21)CO3. The molecule has 0 radical (unpaired) electrons. The molecule has 274 valence electrons. The van der Waals surface area contributed by atoms with E-state index in [0.29, 0.717) is 41.5 Å². The number of nitrogens with one attached hydrogen (secondary N) is 1. The molecule has 1 spiro atoms. The molecule has 52 heavy (non-hydrogen) atoms. The third-order valence-corrected chi connectivity index (χ3v) is 13.6. The molecule has 4 aliphatic rings. The Morgan fingerprint density at radius 2 is 2.00 bits per heavy atom. The normalized spacial score (nSPS) is 29.6. The minimum Gasteiger partial charge on any atom is -0.490 e. The summed E-state index contributed by atoms with van der Waals surface area (Å²) in [4.78, 5) is 25.2. The van der Waals surface area contributed by atoms with Gasteiger partial charge in [-0.1, -0.05) is 36.7 Å². The van der Waals surface area contributed by atoms with Gasteiger partial charge in [0.1, 0.15) is 21.2 Å². The summed E-state index contributed by atoms with van der Waals surface area (Å²) in [5.41, 5.74) is 4.33. The fourth-order valence-electron chi connectivity index (χ4n) is 8.59. The number of rotatable bonds is 3. The third-order valence-electron chi connectivity index (χ3n) is 11.2. The minimum atomic E-state index is -3.44. The molecule has 2 aliphatic carbocycles. The maximum absolute atomic E-state index is 14.9. The van der Waals surface area contributed by atoms with Crippen molar-refractivity contribution < 1.29 is 18.5 Å². The molecule has 11 nitrogen and oxygen atoms in total. The largest absolute Gasteiger partial charge is 0.490 e. The number of aromatic nitrogens is 4. The first-order valence-corrected chi connectivity index (χ1v) is 20.4. The number of aryl methyl sites for hydroxylation is 2. The first-order valence-electron chi connectivity index (χ1n) is 18.0. The predicted octanol–water partition coefficient (Wildman–Crippen LogP) is 7.42. The molecule has 0 unspecified atom stereocenters. The molecular formula is C38H43Cl2N7O4S. The highest BCUT2D eigenvalue weighted by molar-refractivity contribution is 7.95. The summed E-state index contributed by atoms with van der Waals surface area (Å²) in [6.07, 6.45) is 11.7. The topological polar surface area (TPSA) is 124 Å². The Balaban J connectivity index is 1.23. The van der Waals surface area contributed by atoms with Gasteiger partial charge in [-0.25, -0.2) is 9.19 Å². The van der Waals surface area contributed by atoms with Gasteiger partial charge in [0.25, 0.3) is 5.91 Å². The number of fused-ring (bicyclic) bond motifs is 5. The highest BCUT2D eigenvalue weighted by atomic mass is 35.5. The summed E-state index contributed by atoms with van der Waals surface area (Å²) in [6.45, 7) is 4.03. The zero-order valence-electron chi connectivity index (χ0n) is 29.6. The molecule has 14 heteroatoms. The molecule has 1 amide bonds. The van der Waals surface area contributed by atoms with Gasteiger partial charge >= 0.3 is 0 Å². The van der Waals surface area contributed by atoms with E-state index in [1.807, 2.05) is 25.1 Å². The van der Waals surface area contributed by atoms with Gasteiger partial charge in [0.05, 0.1) is 30.3 Å². The number of carbonyl (C=O) groups is 1. The fourth-order valence-corrected chi connectivity index (χ4v) is 10.9. The van der Waals surface area contributed by atoms with Crippen LogP contribution >= 0.6 is 23.2 Å². The highest BCUT2D eigenvalue weighted by Gasteiger charge is 2.44. The molecule has 8 rings (SSSR count). The van der Waals surface area contributed by atoms with Gasteiger partial charge in [0, 0.05) is 43.2 Å². The van der Waals surface area contributed by atoms with Crippen molar-refractivity contribution >= 4 is 61.6 Å². The quantitative estimate of drug-likeness (QED) is 0.169. The lowest BCUT2D eigenvalue weighted by atomic mass is 9.68. The molecule has 2 aromatic heterocycles. The van der Waals surface area contributed by atoms with Gasteiger partial charge in [0.15, 0.2) is 11.3 Å². The molecule has 4 heterocycles. The van der Waals surface area contributed by atoms with E-state index in [4.69, 9.17) is 32.7 Å². The van der Waals surface area contributed by atoms with Crippen LogP contribution in [0, 0.1) is 17.8 Å². The van der Waals surface area contributed by atoms with E-state index in [-0.39, 0.29) is 34.3 Å². The number of anilines is 2. The molecule has 0 saturated heterocycles. The van der Waals surface area contributed by atoms with Crippen LogP contribution < -0.4 is 14.4 Å². The second kappa shape index (κ2) is 13.9. The standard InChI is InChI=1S/C38H43Cl2N7O4S/c1-23-6-4-8-32(50-3)28-12-9-26(28)18-47-21-38(15-5-7-24-16-27(39)11-13-29(24)38)22-51-33-14-10-25(17-31(33)47)36(48)45-52(49,20-23)44-35-34-30(19-46(2)43-34)41-37(40)42-35/h4,8,10-11,13-14,16-17,19,23,26,28,32H,5-7,9,12,15,18,20-22H2,1-3H3,(H,41,42,44,45,48,49)/b8-4+/t23-,26-,28+,32-,38-,52+/m0/s1. The van der Waals surface area contributed by atoms with Crippen LogP contribution in [0.25, 0.3) is 11.0 Å². The molecule has 6 atom stereocenters. The molecule has 2 bridgehead atoms. The molecule has 1 fully saturated rings. The van der Waals surface area contributed by atoms with Crippen molar-refractivity contribution in [3.8, 4) is 5.75 Å². The average molecular weight is 765 g/mol. The number of hydrogen-bond donors (Lipinski definition) is 1. The Morgan fingerprint density at radius 3 is 2.81 bits per heavy atom. The second-order valence-electron chi connectivity index (χ2n) is 14.9. The maximum Gasteiger partial charge on any atom is 0.286 e. The molecule has 2 aliphatic heterocycles. The molecule has 2 aromatic carbocycles. The van der Waals surface area contributed by atoms with Crippen LogP contribution in [0.2, 0.25) is 10.3 Å². The van der Waals surface area contributed by atoms with Crippen molar-refractivity contribution in [1.82, 2.24) is 19.7 Å². The van der Waals surface area contributed by atoms with E-state index in [1.54, 1.807) is 31.1 Å². The number of halogens is 2. The summed E-state index contributed by atoms with van der Waals surface area (Å²) in [5.74, 6) is 0.999. The van der Waals surface area contributed by atoms with E-state index in [9.17, 15) is 9.00 Å². The summed E-state index contributed by atoms with van der Waals surface area (Å²) in [7, 11) is 0.0909. The van der Waals surface area contributed by atoms with Crippen LogP contribution in [-0.2, 0) is 33.5 Å². The Labute approximate surface area is 314 Å². The third kappa shape index (κ3) is 6.79. The van der Waals surface area contributed by atoms with Crippen molar-refractivity contribution in [2.75, 3.05) is 42.2 Å². The Kier molecular flexibility index (Phi) is 9.46. The maximum atomic E-state index is 14.9. The summed E-state index contributed by atoms with van der Waals surface area (Å²) in [6, 6.07) is 11.7. The second-order valence-corrected chi connectivity index (χ2v) is 17.7. The van der Waals surface area contributed by atoms with Crippen molar-refractivity contribution in [2.24, 2.45) is 29.2 Å². The monoisotopic (exact) mass is 763 g/mol. The van der Waals surface area contributed by atoms with Crippen molar-refractivity contribution in [3.05, 3.63) is 81.7 Å². The zero-order valence-corrected chi connectivity index (χ0v) is 31.9. The number of allylic oxidation sites excluding steroid dienone is 1. The van der Waals surface area contributed by atoms with E-state index >= 15 is 0 Å². The molecule has 4 aromatic rings. The smallest absolute Gasteiger partial charge is 0.286 e. The number of carbonyl (C=O) groups excluding carboxylic acids is 1. The number of ether oxygens (including phenoxy) is 2. The average Bonchev–Trinajstić information content (AvgIpc) is 3.39. The van der Waals surface area contributed by atoms with Gasteiger partial charge in [-0.3, -0.25) is 14.2 Å². The van der Waals surface area contributed by atoms with E-state index in [0.717, 1.165) is 61.7 Å². The van der Waals surface area contributed by atoms with Crippen LogP contribution in [0.1, 0.15) is 60.5 Å². The Morgan fingerprint density at radius 1 is 1.13 bits per heavy atom. The van der Waals surface area contributed by atoms with Crippen LogP contribution in [0.3, 0.4) is 0 Å². The number of nitrogens with zero attached hydrogens (tertiary/aromatic N) is 6. The predicted molar refractivity (Wildman–Crippen MR) is 205 cm³/mol. The zero-order chi connectivity index (χ0) is 36.2. The first kappa shape index (κ1) is 35.3. The highest BCUT2D eigenvalue weighted by Crippen LogP contribution is 2.47. The number of hydrogen-bond acceptors (Lipinski definition) is 8. The molecule has 1 saturated carbocycles. The number of methoxy groups -OCH3 is 1. The lowest BCUT2D eigenvalue weighted by Crippen LogP contribution is -2.49. The van der Waals surface area contributed by atoms with E-state index < -0.39 is 15.8 Å². The van der Waals surface area contributed by atoms with Crippen LogP contribution in [0.15, 0.2) is 59.1 Å². The van der Waals surface area contributed by atoms with E-state index in [1.165, 1.54) is 11.1 Å². The summed E-state index contributed by atoms with van der Waals surface area (Å²) in [5, 5.41) is 5.17. The molecule has 1 N–H and O–H groups in total. The van der Waals surface area contributed by atoms with E-state index in [2.05, 4.69) is 53.3 Å². The lowest BCUT2D eigenvalue weighted by molar-refractivity contribution is 0.0131. The summed E-state index contributed by atoms with van der Waals surface area (Å²) >= 11 is 12.7. The van der Waals surface area contributed by atoms with Crippen LogP contribution in [-0.4, -0.2) is 68.5 Å². The minimum absolute atomic E-state index is 0.0336. The first-order chi connectivity index (χ1) is 25.0. The Bertz CT molecular complexity index is 2200. The summed E-state index contributed by atoms with van der Waals surface area (Å²) < 4.78 is 36.6. The van der Waals surface area contributed by atoms with Gasteiger partial charge < -0.3 is 14.4 Å². The van der Waals surface area contributed by atoms with Gasteiger partial charge in [-0.05, 0) is 109 Å². The van der Waals surface area contributed by atoms with Crippen molar-refractivity contribution in [1.29, 1.82) is 0 Å². The number of benzene rings is 2. The molecular weight excluding hydrogens is 721 g/mol. The van der Waals surface area contributed by atoms with Gasteiger partial charge in [-0.15, -0.1) is 4.36 Å². The fraction of sp³-hybridized carbons (Fsp3) is 0.474. The van der Waals surface area contributed by atoms with Crippen LogP contribution in [0.5, 0.6) is 5.75 Å². The van der Waals surface area contributed by atoms with Crippen molar-refractivity contribution in [3.63, 3.8) is 0 Å². The Hall–Kier alpha value is -3.71. The van der Waals surface area contributed by atoms with Crippen molar-refractivity contribution in [2.45, 2.75) is 57.0 Å². The number of amides is 1. The lowest BCUT2D eigenvalue weighted by Gasteiger charge is -2.46. The van der Waals surface area contributed by atoms with Gasteiger partial charge in [-0.2, -0.15) is 10.1 Å². The van der Waals surface area contributed by atoms with Gasteiger partial charge in [0.2, 0.25) is 5.28 Å². The van der Waals surface area contributed by atoms with Crippen LogP contribution in [0.4, 0.5) is 11.5 Å².